The minimum Gasteiger partial charge on any atom is -0.0537 e. The zero-order valence-corrected chi connectivity index (χ0v) is 19.4. The first kappa shape index (κ1) is 17.2. The Morgan fingerprint density at radius 2 is 0.786 bits per heavy atom. The molecule has 4 aromatic rings. The van der Waals surface area contributed by atoms with E-state index in [1.54, 1.807) is 0 Å². The molecule has 0 saturated carbocycles. The van der Waals surface area contributed by atoms with Crippen LogP contribution in [0.1, 0.15) is 22.3 Å². The molecule has 0 aliphatic heterocycles. The van der Waals surface area contributed by atoms with E-state index in [2.05, 4.69) is 118 Å². The fraction of sp³-hybridized carbons (Fsp3) is 0.0769. The first-order valence-electron chi connectivity index (χ1n) is 9.49. The molecule has 0 atom stereocenters. The summed E-state index contributed by atoms with van der Waals surface area (Å²) in [4.78, 5) is 0. The average molecular weight is 582 g/mol. The highest BCUT2D eigenvalue weighted by Gasteiger charge is 2.21. The van der Waals surface area contributed by atoms with Crippen LogP contribution in [0.3, 0.4) is 0 Å². The van der Waals surface area contributed by atoms with Crippen LogP contribution in [-0.2, 0) is 12.8 Å². The molecule has 0 spiro atoms. The fourth-order valence-electron chi connectivity index (χ4n) is 4.72. The van der Waals surface area contributed by atoms with Crippen LogP contribution >= 0.6 is 45.2 Å². The van der Waals surface area contributed by atoms with Crippen molar-refractivity contribution in [2.24, 2.45) is 0 Å². The highest BCUT2D eigenvalue weighted by atomic mass is 127. The van der Waals surface area contributed by atoms with Crippen LogP contribution in [0.15, 0.2) is 72.8 Å². The summed E-state index contributed by atoms with van der Waals surface area (Å²) in [5.74, 6) is 0. The summed E-state index contributed by atoms with van der Waals surface area (Å²) in [5.41, 5.74) is 14.1. The molecule has 4 aromatic carbocycles. The van der Waals surface area contributed by atoms with Crippen LogP contribution in [0.25, 0.3) is 33.4 Å². The molecule has 0 heterocycles. The molecule has 6 rings (SSSR count). The van der Waals surface area contributed by atoms with Gasteiger partial charge in [0.1, 0.15) is 0 Å². The molecule has 2 aliphatic rings. The van der Waals surface area contributed by atoms with Crippen molar-refractivity contribution in [3.63, 3.8) is 0 Å². The van der Waals surface area contributed by atoms with E-state index in [1.165, 1.54) is 62.8 Å². The Morgan fingerprint density at radius 3 is 1.21 bits per heavy atom. The maximum atomic E-state index is 2.41. The maximum absolute atomic E-state index is 2.41. The van der Waals surface area contributed by atoms with Crippen LogP contribution in [0, 0.1) is 7.14 Å². The molecule has 0 amide bonds. The summed E-state index contributed by atoms with van der Waals surface area (Å²) in [7, 11) is 0. The molecule has 28 heavy (non-hydrogen) atoms. The van der Waals surface area contributed by atoms with Crippen LogP contribution < -0.4 is 0 Å². The average Bonchev–Trinajstić information content (AvgIpc) is 3.23. The molecule has 0 N–H and O–H groups in total. The van der Waals surface area contributed by atoms with Gasteiger partial charge in [-0.3, -0.25) is 0 Å². The number of rotatable bonds is 1. The molecule has 0 radical (unpaired) electrons. The molecule has 0 bridgehead atoms. The first-order valence-corrected chi connectivity index (χ1v) is 11.7. The van der Waals surface area contributed by atoms with Crippen molar-refractivity contribution in [1.82, 2.24) is 0 Å². The van der Waals surface area contributed by atoms with E-state index in [9.17, 15) is 0 Å². The Morgan fingerprint density at radius 1 is 0.429 bits per heavy atom. The van der Waals surface area contributed by atoms with E-state index >= 15 is 0 Å². The molecule has 134 valence electrons. The molecule has 0 saturated heterocycles. The number of hydrogen-bond acceptors (Lipinski definition) is 0. The monoisotopic (exact) mass is 582 g/mol. The van der Waals surface area contributed by atoms with Gasteiger partial charge in [0.15, 0.2) is 0 Å². The standard InChI is InChI=1S/C26H16I2/c27-21-3-7-25-19(13-21)11-17-9-15(1-5-23(17)25)16-2-6-24-18(10-16)12-20-14-22(28)4-8-26(20)24/h1-10,13-14H,11-12H2. The number of benzene rings is 4. The van der Waals surface area contributed by atoms with E-state index in [0.29, 0.717) is 0 Å². The maximum Gasteiger partial charge on any atom is 0.0133 e. The van der Waals surface area contributed by atoms with Gasteiger partial charge in [0.2, 0.25) is 0 Å². The van der Waals surface area contributed by atoms with Crippen molar-refractivity contribution in [3.05, 3.63) is 102 Å². The van der Waals surface area contributed by atoms with Crippen molar-refractivity contribution < 1.29 is 0 Å². The predicted molar refractivity (Wildman–Crippen MR) is 134 cm³/mol. The first-order chi connectivity index (χ1) is 13.7. The minimum atomic E-state index is 1.05. The van der Waals surface area contributed by atoms with E-state index < -0.39 is 0 Å². The SMILES string of the molecule is Ic1ccc2c(c1)Cc1cc(-c3ccc4c(c3)Cc3cc(I)ccc3-4)ccc1-2. The van der Waals surface area contributed by atoms with Gasteiger partial charge in [-0.2, -0.15) is 0 Å². The van der Waals surface area contributed by atoms with E-state index in [4.69, 9.17) is 0 Å². The Hall–Kier alpha value is -1.66. The van der Waals surface area contributed by atoms with Gasteiger partial charge in [0, 0.05) is 7.14 Å². The molecule has 0 aromatic heterocycles. The lowest BCUT2D eigenvalue weighted by molar-refractivity contribution is 1.25. The second kappa shape index (κ2) is 6.42. The van der Waals surface area contributed by atoms with Crippen LogP contribution in [0.5, 0.6) is 0 Å². The molecule has 0 fully saturated rings. The minimum absolute atomic E-state index is 1.05. The third-order valence-corrected chi connectivity index (χ3v) is 7.36. The van der Waals surface area contributed by atoms with Crippen molar-refractivity contribution in [2.75, 3.05) is 0 Å². The largest absolute Gasteiger partial charge is 0.0537 e. The van der Waals surface area contributed by atoms with Crippen molar-refractivity contribution in [1.29, 1.82) is 0 Å². The van der Waals surface area contributed by atoms with Gasteiger partial charge in [0.25, 0.3) is 0 Å². The lowest BCUT2D eigenvalue weighted by atomic mass is 9.96. The Labute approximate surface area is 192 Å². The van der Waals surface area contributed by atoms with Crippen molar-refractivity contribution in [2.45, 2.75) is 12.8 Å². The molecule has 0 unspecified atom stereocenters. The van der Waals surface area contributed by atoms with Gasteiger partial charge in [-0.25, -0.2) is 0 Å². The van der Waals surface area contributed by atoms with Gasteiger partial charge in [0.05, 0.1) is 0 Å². The van der Waals surface area contributed by atoms with Crippen LogP contribution in [0.2, 0.25) is 0 Å². The highest BCUT2D eigenvalue weighted by molar-refractivity contribution is 14.1. The highest BCUT2D eigenvalue weighted by Crippen LogP contribution is 2.42. The van der Waals surface area contributed by atoms with E-state index in [0.717, 1.165) is 12.8 Å². The number of hydrogen-bond donors (Lipinski definition) is 0. The third-order valence-electron chi connectivity index (χ3n) is 6.02. The zero-order chi connectivity index (χ0) is 18.8. The predicted octanol–water partition coefficient (Wildman–Crippen LogP) is 7.71. The Kier molecular flexibility index (Phi) is 3.95. The number of fused-ring (bicyclic) bond motifs is 6. The molecule has 2 aliphatic carbocycles. The van der Waals surface area contributed by atoms with Crippen LogP contribution in [0.4, 0.5) is 0 Å². The summed E-state index contributed by atoms with van der Waals surface area (Å²) in [6.07, 6.45) is 2.09. The quantitative estimate of drug-likeness (QED) is 0.175. The summed E-state index contributed by atoms with van der Waals surface area (Å²) in [6, 6.07) is 27.6. The zero-order valence-electron chi connectivity index (χ0n) is 15.1. The van der Waals surface area contributed by atoms with Gasteiger partial charge < -0.3 is 0 Å². The fourth-order valence-corrected chi connectivity index (χ4v) is 5.83. The van der Waals surface area contributed by atoms with E-state index in [-0.39, 0.29) is 0 Å². The lowest BCUT2D eigenvalue weighted by Crippen LogP contribution is -1.86. The summed E-state index contributed by atoms with van der Waals surface area (Å²) in [6.45, 7) is 0. The van der Waals surface area contributed by atoms with Gasteiger partial charge in [-0.1, -0.05) is 48.5 Å². The van der Waals surface area contributed by atoms with Crippen molar-refractivity contribution >= 4 is 45.2 Å². The van der Waals surface area contributed by atoms with Gasteiger partial charge in [-0.05, 0) is 138 Å². The third kappa shape index (κ3) is 2.68. The second-order valence-corrected chi connectivity index (χ2v) is 10.2. The van der Waals surface area contributed by atoms with Gasteiger partial charge >= 0.3 is 0 Å². The Balaban J connectivity index is 1.40. The second-order valence-electron chi connectivity index (χ2n) is 7.70. The molecule has 0 nitrogen and oxygen atoms in total. The van der Waals surface area contributed by atoms with Crippen LogP contribution in [-0.4, -0.2) is 0 Å². The summed E-state index contributed by atoms with van der Waals surface area (Å²) >= 11 is 4.81. The molecular weight excluding hydrogens is 566 g/mol. The number of halogens is 2. The molecule has 2 heteroatoms. The molecular formula is C26H16I2. The Bertz CT molecular complexity index is 1180. The van der Waals surface area contributed by atoms with Crippen molar-refractivity contribution in [3.8, 4) is 33.4 Å². The summed E-state index contributed by atoms with van der Waals surface area (Å²) in [5, 5.41) is 0. The lowest BCUT2D eigenvalue weighted by Gasteiger charge is -2.08. The van der Waals surface area contributed by atoms with E-state index in [1.807, 2.05) is 0 Å². The topological polar surface area (TPSA) is 0 Å². The summed E-state index contributed by atoms with van der Waals surface area (Å²) < 4.78 is 2.63. The smallest absolute Gasteiger partial charge is 0.0133 e. The normalized spacial score (nSPS) is 13.1. The van der Waals surface area contributed by atoms with Gasteiger partial charge in [-0.15, -0.1) is 0 Å².